The molecule has 0 saturated carbocycles. The molecule has 1 N–H and O–H groups in total. The molecule has 1 saturated heterocycles. The van der Waals surface area contributed by atoms with Crippen LogP contribution in [0.25, 0.3) is 0 Å². The standard InChI is InChI=1S/C15H20FN3O2/c1-20-14-9-11(12(16)10-15(14)21-2)13(3-4-17)19-7-5-18-6-8-19/h9-10,13,18H,3,5-8H2,1-2H3/t13-/m1/s1. The average Bonchev–Trinajstić information content (AvgIpc) is 2.53. The molecule has 5 nitrogen and oxygen atoms in total. The summed E-state index contributed by atoms with van der Waals surface area (Å²) in [5.74, 6) is 0.466. The number of nitrogens with one attached hydrogen (secondary N) is 1. The number of rotatable bonds is 5. The molecule has 2 rings (SSSR count). The van der Waals surface area contributed by atoms with Crippen LogP contribution in [0.4, 0.5) is 4.39 Å². The highest BCUT2D eigenvalue weighted by Gasteiger charge is 2.26. The highest BCUT2D eigenvalue weighted by atomic mass is 19.1. The Morgan fingerprint density at radius 1 is 1.29 bits per heavy atom. The molecule has 1 aliphatic heterocycles. The quantitative estimate of drug-likeness (QED) is 0.895. The van der Waals surface area contributed by atoms with Gasteiger partial charge in [0.1, 0.15) is 5.82 Å². The zero-order chi connectivity index (χ0) is 15.2. The molecular weight excluding hydrogens is 273 g/mol. The van der Waals surface area contributed by atoms with Crippen molar-refractivity contribution in [3.8, 4) is 17.6 Å². The number of ether oxygens (including phenoxy) is 2. The maximum absolute atomic E-state index is 14.4. The number of nitriles is 1. The third kappa shape index (κ3) is 3.43. The topological polar surface area (TPSA) is 57.5 Å². The molecule has 0 radical (unpaired) electrons. The van der Waals surface area contributed by atoms with Crippen LogP contribution in [-0.4, -0.2) is 45.3 Å². The lowest BCUT2D eigenvalue weighted by atomic mass is 10.0. The smallest absolute Gasteiger partial charge is 0.163 e. The van der Waals surface area contributed by atoms with E-state index in [9.17, 15) is 4.39 Å². The third-order valence-corrected chi connectivity index (χ3v) is 3.74. The van der Waals surface area contributed by atoms with E-state index in [0.29, 0.717) is 17.1 Å². The second-order valence-electron chi connectivity index (χ2n) is 4.89. The van der Waals surface area contributed by atoms with Gasteiger partial charge in [0.05, 0.1) is 32.8 Å². The first-order valence-electron chi connectivity index (χ1n) is 6.94. The van der Waals surface area contributed by atoms with Crippen LogP contribution in [-0.2, 0) is 0 Å². The minimum atomic E-state index is -0.369. The molecule has 0 spiro atoms. The van der Waals surface area contributed by atoms with Gasteiger partial charge in [-0.3, -0.25) is 4.90 Å². The van der Waals surface area contributed by atoms with E-state index in [1.165, 1.54) is 20.3 Å². The number of hydrogen-bond donors (Lipinski definition) is 1. The van der Waals surface area contributed by atoms with E-state index in [0.717, 1.165) is 26.2 Å². The van der Waals surface area contributed by atoms with E-state index in [4.69, 9.17) is 14.7 Å². The number of halogens is 1. The van der Waals surface area contributed by atoms with Crippen molar-refractivity contribution in [2.45, 2.75) is 12.5 Å². The predicted molar refractivity (Wildman–Crippen MR) is 76.9 cm³/mol. The fourth-order valence-corrected chi connectivity index (χ4v) is 2.64. The molecule has 1 aromatic carbocycles. The molecule has 0 aromatic heterocycles. The third-order valence-electron chi connectivity index (χ3n) is 3.74. The van der Waals surface area contributed by atoms with Gasteiger partial charge in [-0.1, -0.05) is 0 Å². The van der Waals surface area contributed by atoms with E-state index in [-0.39, 0.29) is 18.3 Å². The Balaban J connectivity index is 2.37. The zero-order valence-corrected chi connectivity index (χ0v) is 12.4. The Kier molecular flexibility index (Phi) is 5.37. The highest BCUT2D eigenvalue weighted by Crippen LogP contribution is 2.35. The largest absolute Gasteiger partial charge is 0.493 e. The van der Waals surface area contributed by atoms with Crippen LogP contribution < -0.4 is 14.8 Å². The van der Waals surface area contributed by atoms with E-state index in [1.807, 2.05) is 0 Å². The number of benzene rings is 1. The molecule has 1 atom stereocenters. The molecule has 21 heavy (non-hydrogen) atoms. The fourth-order valence-electron chi connectivity index (χ4n) is 2.64. The number of nitrogens with zero attached hydrogens (tertiary/aromatic N) is 2. The Morgan fingerprint density at radius 2 is 1.90 bits per heavy atom. The molecule has 6 heteroatoms. The normalized spacial score (nSPS) is 17.0. The highest BCUT2D eigenvalue weighted by molar-refractivity contribution is 5.45. The van der Waals surface area contributed by atoms with Crippen molar-refractivity contribution < 1.29 is 13.9 Å². The maximum Gasteiger partial charge on any atom is 0.163 e. The van der Waals surface area contributed by atoms with Gasteiger partial charge in [-0.15, -0.1) is 0 Å². The minimum Gasteiger partial charge on any atom is -0.493 e. The van der Waals surface area contributed by atoms with Crippen molar-refractivity contribution in [1.29, 1.82) is 5.26 Å². The fraction of sp³-hybridized carbons (Fsp3) is 0.533. The Morgan fingerprint density at radius 3 is 2.48 bits per heavy atom. The Bertz CT molecular complexity index is 524. The van der Waals surface area contributed by atoms with Crippen molar-refractivity contribution in [2.75, 3.05) is 40.4 Å². The Labute approximate surface area is 124 Å². The van der Waals surface area contributed by atoms with Gasteiger partial charge < -0.3 is 14.8 Å². The summed E-state index contributed by atoms with van der Waals surface area (Å²) in [6.45, 7) is 3.27. The minimum absolute atomic E-state index is 0.242. The summed E-state index contributed by atoms with van der Waals surface area (Å²) in [5.41, 5.74) is 0.483. The van der Waals surface area contributed by atoms with Crippen LogP contribution in [0.3, 0.4) is 0 Å². The molecule has 1 fully saturated rings. The lowest BCUT2D eigenvalue weighted by Crippen LogP contribution is -2.45. The second kappa shape index (κ2) is 7.25. The zero-order valence-electron chi connectivity index (χ0n) is 12.4. The van der Waals surface area contributed by atoms with Crippen LogP contribution >= 0.6 is 0 Å². The molecule has 114 valence electrons. The summed E-state index contributed by atoms with van der Waals surface area (Å²) in [6, 6.07) is 4.85. The van der Waals surface area contributed by atoms with Crippen molar-refractivity contribution in [3.63, 3.8) is 0 Å². The first-order valence-corrected chi connectivity index (χ1v) is 6.94. The van der Waals surface area contributed by atoms with Gasteiger partial charge in [0.15, 0.2) is 11.5 Å². The molecule has 0 amide bonds. The summed E-state index contributed by atoms with van der Waals surface area (Å²) in [4.78, 5) is 2.13. The molecule has 0 unspecified atom stereocenters. The van der Waals surface area contributed by atoms with Gasteiger partial charge in [-0.05, 0) is 6.07 Å². The van der Waals surface area contributed by atoms with Gasteiger partial charge in [-0.2, -0.15) is 5.26 Å². The van der Waals surface area contributed by atoms with Crippen molar-refractivity contribution >= 4 is 0 Å². The van der Waals surface area contributed by atoms with Gasteiger partial charge in [0.25, 0.3) is 0 Å². The van der Waals surface area contributed by atoms with Crippen LogP contribution in [0.15, 0.2) is 12.1 Å². The first-order chi connectivity index (χ1) is 10.2. The number of methoxy groups -OCH3 is 2. The van der Waals surface area contributed by atoms with Crippen LogP contribution in [0.2, 0.25) is 0 Å². The van der Waals surface area contributed by atoms with E-state index in [2.05, 4.69) is 16.3 Å². The van der Waals surface area contributed by atoms with Crippen molar-refractivity contribution in [2.24, 2.45) is 0 Å². The molecule has 0 aliphatic carbocycles. The molecule has 0 bridgehead atoms. The summed E-state index contributed by atoms with van der Waals surface area (Å²) >= 11 is 0. The average molecular weight is 293 g/mol. The van der Waals surface area contributed by atoms with E-state index in [1.54, 1.807) is 6.07 Å². The Hall–Kier alpha value is -1.84. The van der Waals surface area contributed by atoms with E-state index < -0.39 is 0 Å². The lowest BCUT2D eigenvalue weighted by Gasteiger charge is -2.34. The molecule has 1 aromatic rings. The van der Waals surface area contributed by atoms with Crippen LogP contribution in [0.5, 0.6) is 11.5 Å². The molecule has 1 aliphatic rings. The summed E-state index contributed by atoms with van der Waals surface area (Å²) in [5, 5.41) is 12.3. The number of piperazine rings is 1. The summed E-state index contributed by atoms with van der Waals surface area (Å²) < 4.78 is 24.7. The summed E-state index contributed by atoms with van der Waals surface area (Å²) in [7, 11) is 2.99. The molecule has 1 heterocycles. The molecular formula is C15H20FN3O2. The van der Waals surface area contributed by atoms with Crippen LogP contribution in [0, 0.1) is 17.1 Å². The van der Waals surface area contributed by atoms with Crippen molar-refractivity contribution in [1.82, 2.24) is 10.2 Å². The first kappa shape index (κ1) is 15.5. The van der Waals surface area contributed by atoms with E-state index >= 15 is 0 Å². The predicted octanol–water partition coefficient (Wildman–Crippen LogP) is 1.70. The monoisotopic (exact) mass is 293 g/mol. The lowest BCUT2D eigenvalue weighted by molar-refractivity contribution is 0.172. The maximum atomic E-state index is 14.4. The van der Waals surface area contributed by atoms with Gasteiger partial charge in [0.2, 0.25) is 0 Å². The SMILES string of the molecule is COc1cc(F)c([C@@H](CC#N)N2CCNCC2)cc1OC. The van der Waals surface area contributed by atoms with Crippen molar-refractivity contribution in [3.05, 3.63) is 23.5 Å². The van der Waals surface area contributed by atoms with Gasteiger partial charge in [-0.25, -0.2) is 4.39 Å². The van der Waals surface area contributed by atoms with Gasteiger partial charge in [0, 0.05) is 37.8 Å². The summed E-state index contributed by atoms with van der Waals surface area (Å²) in [6.07, 6.45) is 0.242. The number of hydrogen-bond acceptors (Lipinski definition) is 5. The van der Waals surface area contributed by atoms with Gasteiger partial charge >= 0.3 is 0 Å². The second-order valence-corrected chi connectivity index (χ2v) is 4.89. The van der Waals surface area contributed by atoms with Crippen LogP contribution in [0.1, 0.15) is 18.0 Å².